The molecule has 5 atom stereocenters. The van der Waals surface area contributed by atoms with Gasteiger partial charge in [0.2, 0.25) is 23.6 Å². The van der Waals surface area contributed by atoms with E-state index in [-0.39, 0.29) is 49.7 Å². The predicted molar refractivity (Wildman–Crippen MR) is 248 cm³/mol. The Bertz CT molecular complexity index is 2210. The van der Waals surface area contributed by atoms with Gasteiger partial charge in [0.05, 0.1) is 0 Å². The third-order valence-electron chi connectivity index (χ3n) is 10.2. The maximum atomic E-state index is 14.3. The van der Waals surface area contributed by atoms with Crippen LogP contribution in [0.5, 0.6) is 0 Å². The first-order valence-corrected chi connectivity index (χ1v) is 22.0. The molecule has 346 valence electrons. The smallest absolute Gasteiger partial charge is 0.408 e. The predicted octanol–water partition coefficient (Wildman–Crippen LogP) is 5.95. The van der Waals surface area contributed by atoms with E-state index in [1.54, 1.807) is 93.6 Å². The molecule has 14 nitrogen and oxygen atoms in total. The van der Waals surface area contributed by atoms with Crippen molar-refractivity contribution in [1.82, 2.24) is 26.6 Å². The fraction of sp³-hybridized carbons (Fsp3) is 0.392. The van der Waals surface area contributed by atoms with Gasteiger partial charge in [0, 0.05) is 30.4 Å². The Labute approximate surface area is 381 Å². The third-order valence-corrected chi connectivity index (χ3v) is 10.2. The second-order valence-electron chi connectivity index (χ2n) is 18.0. The monoisotopic (exact) mass is 889 g/mol. The van der Waals surface area contributed by atoms with E-state index in [0.717, 1.165) is 5.56 Å². The molecule has 6 N–H and O–H groups in total. The molecule has 0 radical (unpaired) electrons. The van der Waals surface area contributed by atoms with Gasteiger partial charge in [0.1, 0.15) is 35.8 Å². The number of carbonyl (C=O) groups is 7. The van der Waals surface area contributed by atoms with Crippen molar-refractivity contribution in [2.45, 2.75) is 116 Å². The van der Waals surface area contributed by atoms with Gasteiger partial charge in [-0.2, -0.15) is 0 Å². The summed E-state index contributed by atoms with van der Waals surface area (Å²) in [7, 11) is 0. The largest absolute Gasteiger partial charge is 0.480 e. The number of amides is 5. The number of aliphatic carboxylic acids is 1. The lowest BCUT2D eigenvalue weighted by Crippen LogP contribution is -2.60. The minimum Gasteiger partial charge on any atom is -0.480 e. The highest BCUT2D eigenvalue weighted by molar-refractivity contribution is 6.09. The van der Waals surface area contributed by atoms with E-state index in [9.17, 15) is 38.7 Å². The first-order chi connectivity index (χ1) is 30.8. The zero-order valence-corrected chi connectivity index (χ0v) is 38.3. The minimum atomic E-state index is -1.37. The van der Waals surface area contributed by atoms with Crippen LogP contribution in [-0.2, 0) is 48.0 Å². The summed E-state index contributed by atoms with van der Waals surface area (Å²) < 4.78 is 5.44. The highest BCUT2D eigenvalue weighted by Crippen LogP contribution is 2.16. The standard InChI is InChI=1S/C51H63N5O9/c1-32(2)27-39(53-48(61)42(30-35-19-13-9-14-20-35)56-50(64)65-51(5,6)7)45(58)54-41(29-34-17-11-8-12-18-34)47(60)52-40(28-33(3)4)46(59)55-43(49(62)63)31-36-23-25-38(26-24-36)44(57)37-21-15-10-16-22-37/h8-26,32-33,39-43H,27-31H2,1-7H3,(H,52,60)(H,53,61)(H,54,58)(H,55,59)(H,56,64)(H,62,63)/t39-,40-,41+,42+,43+/m1/s1. The molecule has 0 fully saturated rings. The molecule has 0 heterocycles. The number of nitrogens with one attached hydrogen (secondary N) is 5. The van der Waals surface area contributed by atoms with Gasteiger partial charge in [0.15, 0.2) is 5.78 Å². The van der Waals surface area contributed by atoms with Crippen molar-refractivity contribution in [3.63, 3.8) is 0 Å². The molecule has 0 unspecified atom stereocenters. The van der Waals surface area contributed by atoms with Crippen LogP contribution in [-0.4, -0.2) is 82.4 Å². The van der Waals surface area contributed by atoms with Crippen molar-refractivity contribution in [2.24, 2.45) is 11.8 Å². The molecule has 0 saturated heterocycles. The van der Waals surface area contributed by atoms with Gasteiger partial charge in [0.25, 0.3) is 0 Å². The van der Waals surface area contributed by atoms with E-state index in [1.165, 1.54) is 0 Å². The fourth-order valence-corrected chi connectivity index (χ4v) is 7.05. The van der Waals surface area contributed by atoms with Gasteiger partial charge in [-0.1, -0.05) is 143 Å². The fourth-order valence-electron chi connectivity index (χ4n) is 7.05. The maximum absolute atomic E-state index is 14.3. The summed E-state index contributed by atoms with van der Waals surface area (Å²) in [6.45, 7) is 12.6. The Morgan fingerprint density at radius 2 is 0.800 bits per heavy atom. The number of hydrogen-bond acceptors (Lipinski definition) is 8. The van der Waals surface area contributed by atoms with Crippen molar-refractivity contribution in [1.29, 1.82) is 0 Å². The van der Waals surface area contributed by atoms with Crippen LogP contribution in [0.2, 0.25) is 0 Å². The summed E-state index contributed by atoms with van der Waals surface area (Å²) >= 11 is 0. The SMILES string of the molecule is CC(C)C[C@@H](NC(=O)[C@H](Cc1ccccc1)NC(=O)[C@@H](CC(C)C)NC(=O)[C@H](Cc1ccccc1)NC(=O)OC(C)(C)C)C(=O)N[C@@H](Cc1ccc(C(=O)c2ccccc2)cc1)C(=O)O. The summed E-state index contributed by atoms with van der Waals surface area (Å²) in [5.74, 6) is -4.41. The summed E-state index contributed by atoms with van der Waals surface area (Å²) in [4.78, 5) is 94.8. The zero-order chi connectivity index (χ0) is 47.7. The molecular formula is C51H63N5O9. The number of hydrogen-bond donors (Lipinski definition) is 6. The summed E-state index contributed by atoms with van der Waals surface area (Å²) in [5, 5.41) is 23.8. The van der Waals surface area contributed by atoms with E-state index in [0.29, 0.717) is 22.3 Å². The van der Waals surface area contributed by atoms with Crippen LogP contribution in [0.1, 0.15) is 93.9 Å². The molecule has 4 rings (SSSR count). The third kappa shape index (κ3) is 17.3. The zero-order valence-electron chi connectivity index (χ0n) is 38.3. The normalized spacial score (nSPS) is 13.6. The molecule has 4 aromatic carbocycles. The van der Waals surface area contributed by atoms with Crippen molar-refractivity contribution in [3.05, 3.63) is 143 Å². The van der Waals surface area contributed by atoms with Gasteiger partial charge in [-0.05, 0) is 62.1 Å². The summed E-state index contributed by atoms with van der Waals surface area (Å²) in [5.41, 5.74) is 2.13. The Balaban J connectivity index is 1.54. The van der Waals surface area contributed by atoms with Gasteiger partial charge in [-0.3, -0.25) is 24.0 Å². The van der Waals surface area contributed by atoms with E-state index in [2.05, 4.69) is 26.6 Å². The van der Waals surface area contributed by atoms with Crippen LogP contribution in [0.25, 0.3) is 0 Å². The molecule has 0 aromatic heterocycles. The average Bonchev–Trinajstić information content (AvgIpc) is 3.25. The Kier molecular flexibility index (Phi) is 19.0. The number of ether oxygens (including phenoxy) is 1. The first kappa shape index (κ1) is 50.8. The van der Waals surface area contributed by atoms with Crippen molar-refractivity contribution < 1.29 is 43.4 Å². The van der Waals surface area contributed by atoms with Crippen LogP contribution in [0, 0.1) is 11.8 Å². The molecule has 0 spiro atoms. The number of carbonyl (C=O) groups excluding carboxylic acids is 6. The molecule has 0 aliphatic heterocycles. The topological polar surface area (TPSA) is 209 Å². The Morgan fingerprint density at radius 1 is 0.462 bits per heavy atom. The highest BCUT2D eigenvalue weighted by atomic mass is 16.6. The lowest BCUT2D eigenvalue weighted by atomic mass is 9.98. The van der Waals surface area contributed by atoms with E-state index >= 15 is 0 Å². The Morgan fingerprint density at radius 3 is 1.22 bits per heavy atom. The number of rotatable bonds is 22. The van der Waals surface area contributed by atoms with E-state index in [1.807, 2.05) is 70.2 Å². The summed E-state index contributed by atoms with van der Waals surface area (Å²) in [6, 6.07) is 27.2. The summed E-state index contributed by atoms with van der Waals surface area (Å²) in [6.07, 6.45) is -0.454. The molecule has 4 aromatic rings. The van der Waals surface area contributed by atoms with Crippen molar-refractivity contribution in [3.8, 4) is 0 Å². The molecule has 14 heteroatoms. The number of carboxylic acids is 1. The van der Waals surface area contributed by atoms with Gasteiger partial charge in [-0.15, -0.1) is 0 Å². The van der Waals surface area contributed by atoms with Crippen LogP contribution in [0.3, 0.4) is 0 Å². The molecular weight excluding hydrogens is 827 g/mol. The lowest BCUT2D eigenvalue weighted by Gasteiger charge is -2.28. The molecule has 0 saturated carbocycles. The van der Waals surface area contributed by atoms with Crippen LogP contribution in [0.4, 0.5) is 4.79 Å². The van der Waals surface area contributed by atoms with Gasteiger partial charge < -0.3 is 36.4 Å². The van der Waals surface area contributed by atoms with Crippen molar-refractivity contribution in [2.75, 3.05) is 0 Å². The average molecular weight is 890 g/mol. The maximum Gasteiger partial charge on any atom is 0.408 e. The molecule has 0 bridgehead atoms. The van der Waals surface area contributed by atoms with Crippen LogP contribution in [0.15, 0.2) is 115 Å². The minimum absolute atomic E-state index is 0.0220. The van der Waals surface area contributed by atoms with Crippen molar-refractivity contribution >= 4 is 41.5 Å². The lowest BCUT2D eigenvalue weighted by molar-refractivity contribution is -0.142. The number of carboxylic acid groups (broad SMARTS) is 1. The van der Waals surface area contributed by atoms with Crippen LogP contribution >= 0.6 is 0 Å². The number of benzene rings is 4. The number of alkyl carbamates (subject to hydrolysis) is 1. The highest BCUT2D eigenvalue weighted by Gasteiger charge is 2.34. The second kappa shape index (κ2) is 24.3. The molecule has 65 heavy (non-hydrogen) atoms. The van der Waals surface area contributed by atoms with Gasteiger partial charge >= 0.3 is 12.1 Å². The first-order valence-electron chi connectivity index (χ1n) is 22.0. The molecule has 0 aliphatic carbocycles. The number of ketones is 1. The molecule has 5 amide bonds. The van der Waals surface area contributed by atoms with Crippen LogP contribution < -0.4 is 26.6 Å². The van der Waals surface area contributed by atoms with E-state index in [4.69, 9.17) is 4.74 Å². The Hall–Kier alpha value is -6.83. The van der Waals surface area contributed by atoms with E-state index < -0.39 is 71.5 Å². The second-order valence-corrected chi connectivity index (χ2v) is 18.0. The van der Waals surface area contributed by atoms with Gasteiger partial charge in [-0.25, -0.2) is 9.59 Å². The molecule has 0 aliphatic rings. The quantitative estimate of drug-likeness (QED) is 0.0515.